The molecule has 1 amide bonds. The third kappa shape index (κ3) is 5.21. The summed E-state index contributed by atoms with van der Waals surface area (Å²) in [6, 6.07) is 7.74. The van der Waals surface area contributed by atoms with Gasteiger partial charge in [-0.3, -0.25) is 9.59 Å². The lowest BCUT2D eigenvalue weighted by Gasteiger charge is -2.22. The highest BCUT2D eigenvalue weighted by atomic mass is 16.1. The molecule has 0 saturated heterocycles. The maximum absolute atomic E-state index is 11.9. The molecule has 114 valence electrons. The van der Waals surface area contributed by atoms with Gasteiger partial charge in [0.25, 0.3) is 0 Å². The van der Waals surface area contributed by atoms with Gasteiger partial charge in [-0.05, 0) is 31.9 Å². The fourth-order valence-corrected chi connectivity index (χ4v) is 2.72. The van der Waals surface area contributed by atoms with Crippen LogP contribution in [0, 0.1) is 0 Å². The number of Topliss-reactive ketones (excluding diaryl/α,β-unsaturated/α-hetero) is 1. The van der Waals surface area contributed by atoms with E-state index >= 15 is 0 Å². The van der Waals surface area contributed by atoms with E-state index in [9.17, 15) is 9.59 Å². The second-order valence-corrected chi connectivity index (χ2v) is 5.72. The molecule has 0 unspecified atom stereocenters. The molecule has 1 aromatic rings. The maximum atomic E-state index is 11.9. The van der Waals surface area contributed by atoms with Crippen LogP contribution in [0.2, 0.25) is 0 Å². The van der Waals surface area contributed by atoms with Crippen LogP contribution in [0.15, 0.2) is 24.3 Å². The topological polar surface area (TPSA) is 58.2 Å². The van der Waals surface area contributed by atoms with Gasteiger partial charge in [0.15, 0.2) is 5.78 Å². The second-order valence-electron chi connectivity index (χ2n) is 5.72. The Hall–Kier alpha value is -1.84. The number of benzene rings is 1. The molecule has 1 saturated carbocycles. The van der Waals surface area contributed by atoms with Gasteiger partial charge in [-0.15, -0.1) is 0 Å². The van der Waals surface area contributed by atoms with Crippen molar-refractivity contribution < 1.29 is 9.59 Å². The van der Waals surface area contributed by atoms with Crippen molar-refractivity contribution in [2.45, 2.75) is 51.5 Å². The van der Waals surface area contributed by atoms with Crippen molar-refractivity contribution in [3.63, 3.8) is 0 Å². The first-order chi connectivity index (χ1) is 10.1. The molecule has 2 N–H and O–H groups in total. The third-order valence-electron chi connectivity index (χ3n) is 3.92. The monoisotopic (exact) mass is 288 g/mol. The van der Waals surface area contributed by atoms with E-state index in [0.29, 0.717) is 24.6 Å². The Kier molecular flexibility index (Phi) is 5.78. The summed E-state index contributed by atoms with van der Waals surface area (Å²) in [4.78, 5) is 23.2. The van der Waals surface area contributed by atoms with Crippen LogP contribution in [0.5, 0.6) is 0 Å². The molecular formula is C17H24N2O2. The highest BCUT2D eigenvalue weighted by Gasteiger charge is 2.15. The molecule has 1 aliphatic carbocycles. The number of anilines is 1. The van der Waals surface area contributed by atoms with Crippen LogP contribution in [-0.2, 0) is 4.79 Å². The SMILES string of the molecule is CC(=O)c1cccc(NCCC(=O)NC2CCCCC2)c1. The minimum atomic E-state index is 0.0497. The minimum absolute atomic E-state index is 0.0497. The van der Waals surface area contributed by atoms with E-state index in [1.165, 1.54) is 19.3 Å². The molecule has 4 nitrogen and oxygen atoms in total. The van der Waals surface area contributed by atoms with E-state index in [-0.39, 0.29) is 11.7 Å². The average Bonchev–Trinajstić information content (AvgIpc) is 2.48. The zero-order valence-electron chi connectivity index (χ0n) is 12.7. The Morgan fingerprint density at radius 3 is 2.67 bits per heavy atom. The highest BCUT2D eigenvalue weighted by molar-refractivity contribution is 5.94. The van der Waals surface area contributed by atoms with Crippen LogP contribution in [0.3, 0.4) is 0 Å². The number of hydrogen-bond acceptors (Lipinski definition) is 3. The van der Waals surface area contributed by atoms with Crippen molar-refractivity contribution in [1.82, 2.24) is 5.32 Å². The fourth-order valence-electron chi connectivity index (χ4n) is 2.72. The summed E-state index contributed by atoms with van der Waals surface area (Å²) < 4.78 is 0. The zero-order chi connectivity index (χ0) is 15.1. The zero-order valence-corrected chi connectivity index (χ0v) is 12.7. The van der Waals surface area contributed by atoms with Crippen LogP contribution in [-0.4, -0.2) is 24.3 Å². The van der Waals surface area contributed by atoms with E-state index in [1.807, 2.05) is 18.2 Å². The summed E-state index contributed by atoms with van der Waals surface area (Å²) in [5, 5.41) is 6.30. The van der Waals surface area contributed by atoms with Crippen LogP contribution in [0.1, 0.15) is 55.8 Å². The normalized spacial score (nSPS) is 15.5. The van der Waals surface area contributed by atoms with Crippen molar-refractivity contribution >= 4 is 17.4 Å². The second kappa shape index (κ2) is 7.81. The van der Waals surface area contributed by atoms with Crippen LogP contribution >= 0.6 is 0 Å². The lowest BCUT2D eigenvalue weighted by atomic mass is 9.95. The molecule has 21 heavy (non-hydrogen) atoms. The molecule has 0 atom stereocenters. The number of carbonyl (C=O) groups excluding carboxylic acids is 2. The van der Waals surface area contributed by atoms with Crippen molar-refractivity contribution in [1.29, 1.82) is 0 Å². The summed E-state index contributed by atoms with van der Waals surface area (Å²) in [5.74, 6) is 0.158. The highest BCUT2D eigenvalue weighted by Crippen LogP contribution is 2.17. The minimum Gasteiger partial charge on any atom is -0.385 e. The first-order valence-electron chi connectivity index (χ1n) is 7.79. The summed E-state index contributed by atoms with van der Waals surface area (Å²) in [6.45, 7) is 2.14. The predicted octanol–water partition coefficient (Wildman–Crippen LogP) is 3.14. The molecule has 0 aliphatic heterocycles. The summed E-state index contributed by atoms with van der Waals surface area (Å²) in [6.07, 6.45) is 6.42. The van der Waals surface area contributed by atoms with E-state index in [2.05, 4.69) is 10.6 Å². The molecule has 0 bridgehead atoms. The fraction of sp³-hybridized carbons (Fsp3) is 0.529. The first kappa shape index (κ1) is 15.5. The number of hydrogen-bond donors (Lipinski definition) is 2. The Balaban J connectivity index is 1.72. The number of carbonyl (C=O) groups is 2. The number of amides is 1. The Morgan fingerprint density at radius 2 is 1.95 bits per heavy atom. The maximum Gasteiger partial charge on any atom is 0.221 e. The number of ketones is 1. The molecule has 0 spiro atoms. The third-order valence-corrected chi connectivity index (χ3v) is 3.92. The van der Waals surface area contributed by atoms with Gasteiger partial charge in [0.1, 0.15) is 0 Å². The van der Waals surface area contributed by atoms with Crippen LogP contribution < -0.4 is 10.6 Å². The van der Waals surface area contributed by atoms with Gasteiger partial charge >= 0.3 is 0 Å². The molecule has 1 aliphatic rings. The lowest BCUT2D eigenvalue weighted by Crippen LogP contribution is -2.36. The van der Waals surface area contributed by atoms with E-state index in [0.717, 1.165) is 18.5 Å². The molecular weight excluding hydrogens is 264 g/mol. The van der Waals surface area contributed by atoms with Gasteiger partial charge in [0.2, 0.25) is 5.91 Å². The van der Waals surface area contributed by atoms with Crippen LogP contribution in [0.25, 0.3) is 0 Å². The number of nitrogens with one attached hydrogen (secondary N) is 2. The first-order valence-corrected chi connectivity index (χ1v) is 7.79. The molecule has 0 aromatic heterocycles. The van der Waals surface area contributed by atoms with Crippen LogP contribution in [0.4, 0.5) is 5.69 Å². The van der Waals surface area contributed by atoms with E-state index in [4.69, 9.17) is 0 Å². The molecule has 0 heterocycles. The van der Waals surface area contributed by atoms with Gasteiger partial charge in [0.05, 0.1) is 0 Å². The average molecular weight is 288 g/mol. The lowest BCUT2D eigenvalue weighted by molar-refractivity contribution is -0.121. The van der Waals surface area contributed by atoms with Crippen molar-refractivity contribution in [3.8, 4) is 0 Å². The standard InChI is InChI=1S/C17H24N2O2/c1-13(20)14-6-5-9-16(12-14)18-11-10-17(21)19-15-7-3-2-4-8-15/h5-6,9,12,15,18H,2-4,7-8,10-11H2,1H3,(H,19,21). The van der Waals surface area contributed by atoms with Crippen molar-refractivity contribution in [2.75, 3.05) is 11.9 Å². The smallest absolute Gasteiger partial charge is 0.221 e. The predicted molar refractivity (Wildman–Crippen MR) is 84.6 cm³/mol. The van der Waals surface area contributed by atoms with E-state index < -0.39 is 0 Å². The van der Waals surface area contributed by atoms with Gasteiger partial charge in [-0.2, -0.15) is 0 Å². The van der Waals surface area contributed by atoms with Crippen molar-refractivity contribution in [2.24, 2.45) is 0 Å². The summed E-state index contributed by atoms with van der Waals surface area (Å²) in [7, 11) is 0. The van der Waals surface area contributed by atoms with Gasteiger partial charge in [0, 0.05) is 30.3 Å². The van der Waals surface area contributed by atoms with Gasteiger partial charge in [-0.25, -0.2) is 0 Å². The molecule has 4 heteroatoms. The Morgan fingerprint density at radius 1 is 1.19 bits per heavy atom. The Bertz CT molecular complexity index is 493. The Labute approximate surface area is 126 Å². The van der Waals surface area contributed by atoms with E-state index in [1.54, 1.807) is 13.0 Å². The number of rotatable bonds is 6. The van der Waals surface area contributed by atoms with Crippen molar-refractivity contribution in [3.05, 3.63) is 29.8 Å². The quantitative estimate of drug-likeness (QED) is 0.791. The summed E-state index contributed by atoms with van der Waals surface area (Å²) >= 11 is 0. The largest absolute Gasteiger partial charge is 0.385 e. The molecule has 0 radical (unpaired) electrons. The molecule has 1 fully saturated rings. The van der Waals surface area contributed by atoms with Gasteiger partial charge < -0.3 is 10.6 Å². The molecule has 1 aromatic carbocycles. The summed E-state index contributed by atoms with van der Waals surface area (Å²) in [5.41, 5.74) is 1.57. The molecule has 2 rings (SSSR count). The van der Waals surface area contributed by atoms with Gasteiger partial charge in [-0.1, -0.05) is 31.4 Å².